The second-order valence-corrected chi connectivity index (χ2v) is 10.7. The van der Waals surface area contributed by atoms with Crippen molar-refractivity contribution in [2.75, 3.05) is 11.4 Å². The minimum Gasteiger partial charge on any atom is -0.316 e. The van der Waals surface area contributed by atoms with Gasteiger partial charge in [-0.1, -0.05) is 30.3 Å². The van der Waals surface area contributed by atoms with Crippen LogP contribution in [-0.2, 0) is 11.8 Å². The van der Waals surface area contributed by atoms with Gasteiger partial charge in [0.15, 0.2) is 0 Å². The molecule has 1 aliphatic carbocycles. The van der Waals surface area contributed by atoms with E-state index >= 15 is 0 Å². The summed E-state index contributed by atoms with van der Waals surface area (Å²) in [5, 5.41) is 9.30. The molecule has 1 saturated carbocycles. The molecule has 2 aromatic heterocycles. The number of benzene rings is 2. The monoisotopic (exact) mass is 481 g/mol. The summed E-state index contributed by atoms with van der Waals surface area (Å²) in [6.07, 6.45) is 6.13. The van der Waals surface area contributed by atoms with Gasteiger partial charge in [0, 0.05) is 36.4 Å². The normalized spacial score (nSPS) is 21.4. The molecule has 2 atom stereocenters. The lowest BCUT2D eigenvalue weighted by Crippen LogP contribution is -2.44. The smallest absolute Gasteiger partial charge is 0.250 e. The molecule has 6 rings (SSSR count). The largest absolute Gasteiger partial charge is 0.316 e. The third kappa shape index (κ3) is 3.75. The molecule has 1 amide bonds. The van der Waals surface area contributed by atoms with Crippen molar-refractivity contribution in [2.24, 2.45) is 18.4 Å². The van der Waals surface area contributed by atoms with E-state index in [-0.39, 0.29) is 23.6 Å². The van der Waals surface area contributed by atoms with Crippen molar-refractivity contribution >= 4 is 22.5 Å². The summed E-state index contributed by atoms with van der Waals surface area (Å²) >= 11 is 0. The van der Waals surface area contributed by atoms with Crippen LogP contribution < -0.4 is 15.8 Å². The lowest BCUT2D eigenvalue weighted by molar-refractivity contribution is -0.124. The van der Waals surface area contributed by atoms with Crippen molar-refractivity contribution in [3.63, 3.8) is 0 Å². The maximum atomic E-state index is 13.9. The number of aryl methyl sites for hydroxylation is 1. The Morgan fingerprint density at radius 1 is 1.00 bits per heavy atom. The molecular formula is C29H31N5O2. The fourth-order valence-corrected chi connectivity index (χ4v) is 5.45. The van der Waals surface area contributed by atoms with Gasteiger partial charge in [-0.05, 0) is 69.0 Å². The van der Waals surface area contributed by atoms with Gasteiger partial charge in [-0.2, -0.15) is 5.10 Å². The summed E-state index contributed by atoms with van der Waals surface area (Å²) in [5.41, 5.74) is 3.11. The average Bonchev–Trinajstić information content (AvgIpc) is 3.57. The van der Waals surface area contributed by atoms with E-state index in [4.69, 9.17) is 0 Å². The molecule has 184 valence electrons. The van der Waals surface area contributed by atoms with Crippen LogP contribution in [0.25, 0.3) is 16.6 Å². The SMILES string of the molecule is Cn1cc(-n2ncc3cc(N4C(=O)C(C)(C)[C@H](NCC5CC5)[C@H]4c4ccccc4)ccc32)ccc1=O. The highest BCUT2D eigenvalue weighted by Crippen LogP contribution is 2.47. The van der Waals surface area contributed by atoms with E-state index in [9.17, 15) is 9.59 Å². The molecule has 1 aliphatic heterocycles. The Hall–Kier alpha value is -3.71. The second kappa shape index (κ2) is 8.45. The number of carbonyl (C=O) groups excluding carboxylic acids is 1. The minimum atomic E-state index is -0.552. The first-order chi connectivity index (χ1) is 17.3. The van der Waals surface area contributed by atoms with Crippen molar-refractivity contribution < 1.29 is 4.79 Å². The number of aromatic nitrogens is 3. The Bertz CT molecular complexity index is 1500. The van der Waals surface area contributed by atoms with Crippen LogP contribution in [-0.4, -0.2) is 32.8 Å². The first kappa shape index (κ1) is 22.7. The number of fused-ring (bicyclic) bond motifs is 1. The van der Waals surface area contributed by atoms with Crippen LogP contribution in [0.2, 0.25) is 0 Å². The summed E-state index contributed by atoms with van der Waals surface area (Å²) in [7, 11) is 1.73. The van der Waals surface area contributed by atoms with Crippen LogP contribution in [0.1, 0.15) is 38.3 Å². The van der Waals surface area contributed by atoms with Gasteiger partial charge in [-0.15, -0.1) is 0 Å². The number of nitrogens with one attached hydrogen (secondary N) is 1. The standard InChI is InChI=1S/C29H31N5O2/c1-29(2)27(30-16-19-9-10-19)26(20-7-5-4-6-8-20)33(28(29)36)22-11-13-24-21(15-22)17-31-34(24)23-12-14-25(35)32(3)18-23/h4-8,11-15,17-19,26-27,30H,9-10,16H2,1-3H3/t26-,27-/m1/s1. The maximum absolute atomic E-state index is 13.9. The number of carbonyl (C=O) groups is 1. The van der Waals surface area contributed by atoms with Gasteiger partial charge in [0.2, 0.25) is 11.5 Å². The van der Waals surface area contributed by atoms with E-state index in [1.54, 1.807) is 29.9 Å². The number of rotatable bonds is 6. The lowest BCUT2D eigenvalue weighted by Gasteiger charge is -2.31. The third-order valence-corrected chi connectivity index (χ3v) is 7.75. The fourth-order valence-electron chi connectivity index (χ4n) is 5.45. The van der Waals surface area contributed by atoms with Crippen molar-refractivity contribution in [3.8, 4) is 5.69 Å². The van der Waals surface area contributed by atoms with E-state index in [0.717, 1.165) is 40.3 Å². The van der Waals surface area contributed by atoms with E-state index in [1.807, 2.05) is 52.2 Å². The molecule has 0 radical (unpaired) electrons. The molecule has 1 saturated heterocycles. The van der Waals surface area contributed by atoms with Gasteiger partial charge in [-0.25, -0.2) is 4.68 Å². The first-order valence-electron chi connectivity index (χ1n) is 12.6. The molecule has 2 aliphatic rings. The van der Waals surface area contributed by atoms with Gasteiger partial charge in [0.25, 0.3) is 0 Å². The number of amides is 1. The zero-order valence-corrected chi connectivity index (χ0v) is 20.9. The van der Waals surface area contributed by atoms with Crippen LogP contribution >= 0.6 is 0 Å². The fraction of sp³-hybridized carbons (Fsp3) is 0.345. The number of anilines is 1. The van der Waals surface area contributed by atoms with E-state index in [2.05, 4.69) is 36.4 Å². The molecular weight excluding hydrogens is 450 g/mol. The predicted molar refractivity (Wildman–Crippen MR) is 141 cm³/mol. The Morgan fingerprint density at radius 3 is 2.47 bits per heavy atom. The molecule has 2 aromatic carbocycles. The molecule has 36 heavy (non-hydrogen) atoms. The molecule has 0 spiro atoms. The highest BCUT2D eigenvalue weighted by molar-refractivity contribution is 6.03. The summed E-state index contributed by atoms with van der Waals surface area (Å²) in [5.74, 6) is 0.843. The number of hydrogen-bond donors (Lipinski definition) is 1. The molecule has 0 bridgehead atoms. The molecule has 1 N–H and O–H groups in total. The third-order valence-electron chi connectivity index (χ3n) is 7.75. The first-order valence-corrected chi connectivity index (χ1v) is 12.6. The molecule has 3 heterocycles. The molecule has 7 nitrogen and oxygen atoms in total. The van der Waals surface area contributed by atoms with Crippen LogP contribution in [0.4, 0.5) is 5.69 Å². The van der Waals surface area contributed by atoms with Gasteiger partial charge in [-0.3, -0.25) is 9.59 Å². The Balaban J connectivity index is 1.42. The summed E-state index contributed by atoms with van der Waals surface area (Å²) in [6, 6.07) is 19.6. The summed E-state index contributed by atoms with van der Waals surface area (Å²) < 4.78 is 3.37. The van der Waals surface area contributed by atoms with Crippen LogP contribution in [0.3, 0.4) is 0 Å². The van der Waals surface area contributed by atoms with Gasteiger partial charge in [0.1, 0.15) is 0 Å². The van der Waals surface area contributed by atoms with Gasteiger partial charge < -0.3 is 14.8 Å². The highest BCUT2D eigenvalue weighted by Gasteiger charge is 2.54. The molecule has 7 heteroatoms. The maximum Gasteiger partial charge on any atom is 0.250 e. The van der Waals surface area contributed by atoms with E-state index < -0.39 is 5.41 Å². The van der Waals surface area contributed by atoms with Crippen LogP contribution in [0.5, 0.6) is 0 Å². The van der Waals surface area contributed by atoms with E-state index in [0.29, 0.717) is 0 Å². The Kier molecular flexibility index (Phi) is 5.34. The highest BCUT2D eigenvalue weighted by atomic mass is 16.2. The molecule has 2 fully saturated rings. The van der Waals surface area contributed by atoms with Crippen molar-refractivity contribution in [1.29, 1.82) is 0 Å². The van der Waals surface area contributed by atoms with Gasteiger partial charge >= 0.3 is 0 Å². The number of hydrogen-bond acceptors (Lipinski definition) is 4. The quantitative estimate of drug-likeness (QED) is 0.448. The summed E-state index contributed by atoms with van der Waals surface area (Å²) in [4.78, 5) is 27.8. The predicted octanol–water partition coefficient (Wildman–Crippen LogP) is 4.21. The zero-order valence-electron chi connectivity index (χ0n) is 20.9. The van der Waals surface area contributed by atoms with Crippen molar-refractivity contribution in [1.82, 2.24) is 19.7 Å². The van der Waals surface area contributed by atoms with Gasteiger partial charge in [0.05, 0.1) is 28.9 Å². The Labute approximate surface area is 210 Å². The molecule has 4 aromatic rings. The second-order valence-electron chi connectivity index (χ2n) is 10.7. The summed E-state index contributed by atoms with van der Waals surface area (Å²) in [6.45, 7) is 5.07. The minimum absolute atomic E-state index is 0.00275. The van der Waals surface area contributed by atoms with Crippen molar-refractivity contribution in [3.05, 3.63) is 89.0 Å². The van der Waals surface area contributed by atoms with Crippen LogP contribution in [0.15, 0.2) is 77.9 Å². The van der Waals surface area contributed by atoms with E-state index in [1.165, 1.54) is 12.8 Å². The zero-order chi connectivity index (χ0) is 25.0. The van der Waals surface area contributed by atoms with Crippen molar-refractivity contribution in [2.45, 2.75) is 38.8 Å². The number of pyridine rings is 1. The molecule has 0 unspecified atom stereocenters. The lowest BCUT2D eigenvalue weighted by atomic mass is 9.82. The Morgan fingerprint density at radius 2 is 1.75 bits per heavy atom. The van der Waals surface area contributed by atoms with Crippen LogP contribution in [0, 0.1) is 11.3 Å². The topological polar surface area (TPSA) is 72.2 Å². The average molecular weight is 482 g/mol. The number of nitrogens with zero attached hydrogens (tertiary/aromatic N) is 4.